The molecule has 0 spiro atoms. The minimum atomic E-state index is -0.141. The summed E-state index contributed by atoms with van der Waals surface area (Å²) in [5.74, 6) is 0.0386. The number of hydrogen-bond donors (Lipinski definition) is 1. The molecule has 2 aromatic heterocycles. The number of aromatic nitrogens is 3. The van der Waals surface area contributed by atoms with Crippen molar-refractivity contribution in [3.63, 3.8) is 0 Å². The third kappa shape index (κ3) is 4.99. The van der Waals surface area contributed by atoms with Crippen LogP contribution in [0.1, 0.15) is 20.8 Å². The lowest BCUT2D eigenvalue weighted by Gasteiger charge is -2.17. The minimum absolute atomic E-state index is 0.0523. The van der Waals surface area contributed by atoms with Gasteiger partial charge in [0.05, 0.1) is 12.3 Å². The Kier molecular flexibility index (Phi) is 6.48. The van der Waals surface area contributed by atoms with Crippen molar-refractivity contribution in [3.05, 3.63) is 58.0 Å². The van der Waals surface area contributed by atoms with Gasteiger partial charge >= 0.3 is 0 Å². The van der Waals surface area contributed by atoms with Gasteiger partial charge in [-0.2, -0.15) is 0 Å². The third-order valence-electron chi connectivity index (χ3n) is 4.11. The highest BCUT2D eigenvalue weighted by Crippen LogP contribution is 2.19. The van der Waals surface area contributed by atoms with Crippen molar-refractivity contribution in [2.75, 3.05) is 18.1 Å². The van der Waals surface area contributed by atoms with E-state index in [0.717, 1.165) is 0 Å². The standard InChI is InChI=1S/C19H21N5O2S2/c1-13-8-9-27-16(13)10-23(2)18(26)14-4-6-15(7-5-14)21-17(25)11-28-19-22-20-12-24(19)3/h4-9,12H,10-11H2,1-3H3,(H,21,25). The Hall–Kier alpha value is -2.65. The number of rotatable bonds is 7. The van der Waals surface area contributed by atoms with Crippen molar-refractivity contribution >= 4 is 40.6 Å². The van der Waals surface area contributed by atoms with Crippen LogP contribution in [-0.4, -0.2) is 44.3 Å². The molecule has 1 N–H and O–H groups in total. The summed E-state index contributed by atoms with van der Waals surface area (Å²) in [4.78, 5) is 27.6. The molecule has 0 aliphatic rings. The molecule has 0 bridgehead atoms. The third-order valence-corrected chi connectivity index (χ3v) is 6.16. The predicted molar refractivity (Wildman–Crippen MR) is 112 cm³/mol. The average Bonchev–Trinajstić information content (AvgIpc) is 3.28. The first-order valence-electron chi connectivity index (χ1n) is 8.59. The second kappa shape index (κ2) is 9.03. The highest BCUT2D eigenvalue weighted by molar-refractivity contribution is 7.99. The molecule has 0 saturated carbocycles. The van der Waals surface area contributed by atoms with E-state index in [4.69, 9.17) is 0 Å². The van der Waals surface area contributed by atoms with Crippen LogP contribution in [0.25, 0.3) is 0 Å². The number of hydrogen-bond acceptors (Lipinski definition) is 6. The van der Waals surface area contributed by atoms with Gasteiger partial charge in [0, 0.05) is 30.2 Å². The van der Waals surface area contributed by atoms with Crippen molar-refractivity contribution in [1.82, 2.24) is 19.7 Å². The van der Waals surface area contributed by atoms with Gasteiger partial charge in [-0.05, 0) is 48.2 Å². The number of carbonyl (C=O) groups is 2. The van der Waals surface area contributed by atoms with Crippen molar-refractivity contribution in [2.45, 2.75) is 18.6 Å². The molecule has 7 nitrogen and oxygen atoms in total. The van der Waals surface area contributed by atoms with E-state index in [0.29, 0.717) is 23.0 Å². The summed E-state index contributed by atoms with van der Waals surface area (Å²) in [6.45, 7) is 2.63. The SMILES string of the molecule is Cc1ccsc1CN(C)C(=O)c1ccc(NC(=O)CSc2nncn2C)cc1. The fourth-order valence-electron chi connectivity index (χ4n) is 2.50. The fourth-order valence-corrected chi connectivity index (χ4v) is 4.15. The molecule has 0 saturated heterocycles. The van der Waals surface area contributed by atoms with Crippen LogP contribution in [0.2, 0.25) is 0 Å². The molecular formula is C19H21N5O2S2. The fraction of sp³-hybridized carbons (Fsp3) is 0.263. The molecule has 9 heteroatoms. The van der Waals surface area contributed by atoms with Crippen molar-refractivity contribution in [1.29, 1.82) is 0 Å². The molecule has 1 aromatic carbocycles. The topological polar surface area (TPSA) is 80.1 Å². The van der Waals surface area contributed by atoms with E-state index in [1.807, 2.05) is 19.4 Å². The maximum absolute atomic E-state index is 12.6. The summed E-state index contributed by atoms with van der Waals surface area (Å²) >= 11 is 2.96. The van der Waals surface area contributed by atoms with E-state index in [-0.39, 0.29) is 17.6 Å². The second-order valence-electron chi connectivity index (χ2n) is 6.33. The van der Waals surface area contributed by atoms with E-state index in [1.165, 1.54) is 22.2 Å². The van der Waals surface area contributed by atoms with E-state index in [2.05, 4.69) is 21.6 Å². The second-order valence-corrected chi connectivity index (χ2v) is 8.27. The number of benzene rings is 1. The average molecular weight is 416 g/mol. The summed E-state index contributed by atoms with van der Waals surface area (Å²) in [5, 5.41) is 13.2. The largest absolute Gasteiger partial charge is 0.337 e. The molecule has 0 atom stereocenters. The molecule has 3 rings (SSSR count). The van der Waals surface area contributed by atoms with Crippen LogP contribution >= 0.6 is 23.1 Å². The number of anilines is 1. The van der Waals surface area contributed by atoms with Crippen LogP contribution in [0.4, 0.5) is 5.69 Å². The first-order valence-corrected chi connectivity index (χ1v) is 10.5. The molecule has 3 aromatic rings. The molecule has 0 fully saturated rings. The Morgan fingerprint density at radius 1 is 1.25 bits per heavy atom. The number of amides is 2. The lowest BCUT2D eigenvalue weighted by Crippen LogP contribution is -2.26. The van der Waals surface area contributed by atoms with Crippen LogP contribution in [0.5, 0.6) is 0 Å². The smallest absolute Gasteiger partial charge is 0.253 e. The van der Waals surface area contributed by atoms with Crippen molar-refractivity contribution in [3.8, 4) is 0 Å². The van der Waals surface area contributed by atoms with E-state index in [9.17, 15) is 9.59 Å². The molecular weight excluding hydrogens is 394 g/mol. The quantitative estimate of drug-likeness (QED) is 0.600. The zero-order valence-corrected chi connectivity index (χ0v) is 17.5. The Morgan fingerprint density at radius 3 is 2.61 bits per heavy atom. The molecule has 28 heavy (non-hydrogen) atoms. The van der Waals surface area contributed by atoms with Gasteiger partial charge in [0.25, 0.3) is 5.91 Å². The number of aryl methyl sites for hydroxylation is 2. The summed E-state index contributed by atoms with van der Waals surface area (Å²) in [7, 11) is 3.62. The molecule has 0 aliphatic carbocycles. The number of nitrogens with zero attached hydrogens (tertiary/aromatic N) is 4. The van der Waals surface area contributed by atoms with Crippen LogP contribution in [-0.2, 0) is 18.4 Å². The number of carbonyl (C=O) groups excluding carboxylic acids is 2. The van der Waals surface area contributed by atoms with Gasteiger partial charge in [0.2, 0.25) is 5.91 Å². The van der Waals surface area contributed by atoms with E-state index >= 15 is 0 Å². The van der Waals surface area contributed by atoms with Gasteiger partial charge in [0.15, 0.2) is 5.16 Å². The zero-order chi connectivity index (χ0) is 20.1. The van der Waals surface area contributed by atoms with Crippen molar-refractivity contribution in [2.24, 2.45) is 7.05 Å². The molecule has 0 aliphatic heterocycles. The molecule has 0 unspecified atom stereocenters. The van der Waals surface area contributed by atoms with Crippen LogP contribution in [0.15, 0.2) is 47.2 Å². The first-order chi connectivity index (χ1) is 13.4. The maximum Gasteiger partial charge on any atom is 0.253 e. The number of thioether (sulfide) groups is 1. The molecule has 2 amide bonds. The van der Waals surface area contributed by atoms with Crippen LogP contribution in [0.3, 0.4) is 0 Å². The Balaban J connectivity index is 1.53. The Labute approximate surface area is 171 Å². The number of nitrogens with one attached hydrogen (secondary N) is 1. The monoisotopic (exact) mass is 415 g/mol. The Morgan fingerprint density at radius 2 is 2.00 bits per heavy atom. The number of thiophene rings is 1. The first kappa shape index (κ1) is 20.1. The van der Waals surface area contributed by atoms with E-state index in [1.54, 1.807) is 58.4 Å². The Bertz CT molecular complexity index is 965. The van der Waals surface area contributed by atoms with E-state index < -0.39 is 0 Å². The summed E-state index contributed by atoms with van der Waals surface area (Å²) in [5.41, 5.74) is 2.43. The lowest BCUT2D eigenvalue weighted by molar-refractivity contribution is -0.113. The highest BCUT2D eigenvalue weighted by atomic mass is 32.2. The van der Waals surface area contributed by atoms with Gasteiger partial charge in [-0.15, -0.1) is 21.5 Å². The normalized spacial score (nSPS) is 10.7. The summed E-state index contributed by atoms with van der Waals surface area (Å²) in [6.07, 6.45) is 1.59. The molecule has 2 heterocycles. The van der Waals surface area contributed by atoms with Crippen molar-refractivity contribution < 1.29 is 9.59 Å². The van der Waals surface area contributed by atoms with Gasteiger partial charge in [-0.3, -0.25) is 9.59 Å². The van der Waals surface area contributed by atoms with Gasteiger partial charge in [0.1, 0.15) is 6.33 Å². The minimum Gasteiger partial charge on any atom is -0.337 e. The van der Waals surface area contributed by atoms with Gasteiger partial charge in [-0.1, -0.05) is 11.8 Å². The lowest BCUT2D eigenvalue weighted by atomic mass is 10.1. The highest BCUT2D eigenvalue weighted by Gasteiger charge is 2.14. The van der Waals surface area contributed by atoms with Gasteiger partial charge < -0.3 is 14.8 Å². The molecule has 0 radical (unpaired) electrons. The maximum atomic E-state index is 12.6. The molecule has 146 valence electrons. The van der Waals surface area contributed by atoms with Crippen LogP contribution in [0, 0.1) is 6.92 Å². The zero-order valence-electron chi connectivity index (χ0n) is 15.9. The van der Waals surface area contributed by atoms with Crippen LogP contribution < -0.4 is 5.32 Å². The summed E-state index contributed by atoms with van der Waals surface area (Å²) < 4.78 is 1.76. The predicted octanol–water partition coefficient (Wildman–Crippen LogP) is 3.19. The summed E-state index contributed by atoms with van der Waals surface area (Å²) in [6, 6.07) is 8.99. The van der Waals surface area contributed by atoms with Gasteiger partial charge in [-0.25, -0.2) is 0 Å².